The van der Waals surface area contributed by atoms with Crippen molar-refractivity contribution in [2.75, 3.05) is 18.7 Å². The van der Waals surface area contributed by atoms with Crippen LogP contribution in [0, 0.1) is 3.57 Å². The Labute approximate surface area is 147 Å². The zero-order chi connectivity index (χ0) is 16.1. The molecule has 0 fully saturated rings. The van der Waals surface area contributed by atoms with E-state index in [-0.39, 0.29) is 19.2 Å². The first-order valence-corrected chi connectivity index (χ1v) is 8.00. The largest absolute Gasteiger partial charge is 0.454 e. The third-order valence-electron chi connectivity index (χ3n) is 3.12. The summed E-state index contributed by atoms with van der Waals surface area (Å²) in [4.78, 5) is 11.8. The molecule has 0 radical (unpaired) electrons. The van der Waals surface area contributed by atoms with Crippen LogP contribution in [0.1, 0.15) is 5.56 Å². The van der Waals surface area contributed by atoms with Gasteiger partial charge in [0.2, 0.25) is 6.79 Å². The number of anilines is 1. The fraction of sp³-hybridized carbons (Fsp3) is 0.125. The second-order valence-corrected chi connectivity index (χ2v) is 5.90. The third kappa shape index (κ3) is 4.13. The summed E-state index contributed by atoms with van der Waals surface area (Å²) in [5.74, 6) is 1.15. The Bertz CT molecular complexity index is 749. The van der Waals surface area contributed by atoms with Gasteiger partial charge in [0, 0.05) is 20.9 Å². The van der Waals surface area contributed by atoms with Gasteiger partial charge in [-0.3, -0.25) is 4.79 Å². The van der Waals surface area contributed by atoms with Crippen molar-refractivity contribution in [3.8, 4) is 11.5 Å². The minimum absolute atomic E-state index is 0.114. The van der Waals surface area contributed by atoms with Crippen molar-refractivity contribution in [3.63, 3.8) is 0 Å². The number of carbonyl (C=O) groups excluding carboxylic acids is 1. The van der Waals surface area contributed by atoms with E-state index < -0.39 is 0 Å². The summed E-state index contributed by atoms with van der Waals surface area (Å²) >= 11 is 2.22. The van der Waals surface area contributed by atoms with Gasteiger partial charge < -0.3 is 14.8 Å². The van der Waals surface area contributed by atoms with Crippen molar-refractivity contribution in [1.82, 2.24) is 5.43 Å². The maximum atomic E-state index is 11.8. The summed E-state index contributed by atoms with van der Waals surface area (Å²) in [6, 6.07) is 13.2. The van der Waals surface area contributed by atoms with Gasteiger partial charge in [0.1, 0.15) is 0 Å². The number of amides is 1. The predicted molar refractivity (Wildman–Crippen MR) is 96.0 cm³/mol. The van der Waals surface area contributed by atoms with Crippen molar-refractivity contribution >= 4 is 40.4 Å². The van der Waals surface area contributed by atoms with Crippen molar-refractivity contribution in [1.29, 1.82) is 0 Å². The second kappa shape index (κ2) is 7.32. The molecule has 0 unspecified atom stereocenters. The number of rotatable bonds is 5. The molecule has 2 aromatic rings. The maximum absolute atomic E-state index is 11.8. The lowest BCUT2D eigenvalue weighted by atomic mass is 10.2. The zero-order valence-electron chi connectivity index (χ0n) is 12.1. The van der Waals surface area contributed by atoms with Gasteiger partial charge in [-0.05, 0) is 40.8 Å². The molecule has 6 nitrogen and oxygen atoms in total. The Kier molecular flexibility index (Phi) is 4.96. The molecule has 2 N–H and O–H groups in total. The number of halogens is 1. The third-order valence-corrected chi connectivity index (χ3v) is 4.11. The van der Waals surface area contributed by atoms with Crippen molar-refractivity contribution in [3.05, 3.63) is 51.6 Å². The van der Waals surface area contributed by atoms with Crippen LogP contribution in [0.2, 0.25) is 0 Å². The molecule has 7 heteroatoms. The van der Waals surface area contributed by atoms with Crippen LogP contribution in [0.15, 0.2) is 47.6 Å². The van der Waals surface area contributed by atoms with E-state index in [1.807, 2.05) is 30.3 Å². The van der Waals surface area contributed by atoms with Gasteiger partial charge in [-0.1, -0.05) is 18.2 Å². The fourth-order valence-corrected chi connectivity index (χ4v) is 2.51. The molecule has 0 aromatic heterocycles. The van der Waals surface area contributed by atoms with Gasteiger partial charge in [-0.25, -0.2) is 5.43 Å². The molecule has 0 aliphatic carbocycles. The van der Waals surface area contributed by atoms with Crippen LogP contribution in [0.25, 0.3) is 0 Å². The Balaban J connectivity index is 1.49. The molecule has 2 aromatic carbocycles. The SMILES string of the molecule is O=C(CNc1ccc2c(c1)OCO2)N/N=C/c1ccccc1I. The average Bonchev–Trinajstić information content (AvgIpc) is 3.02. The standard InChI is InChI=1S/C16H14IN3O3/c17-13-4-2-1-3-11(13)8-19-20-16(21)9-18-12-5-6-14-15(7-12)23-10-22-14/h1-8,18H,9-10H2,(H,20,21)/b19-8+. The number of hydrogen-bond acceptors (Lipinski definition) is 5. The van der Waals surface area contributed by atoms with E-state index in [2.05, 4.69) is 38.4 Å². The van der Waals surface area contributed by atoms with Gasteiger partial charge in [0.25, 0.3) is 5.91 Å². The number of nitrogens with zero attached hydrogens (tertiary/aromatic N) is 1. The first-order valence-electron chi connectivity index (χ1n) is 6.92. The summed E-state index contributed by atoms with van der Waals surface area (Å²) in [5, 5.41) is 6.97. The molecular formula is C16H14IN3O3. The van der Waals surface area contributed by atoms with Crippen LogP contribution in [0.3, 0.4) is 0 Å². The summed E-state index contributed by atoms with van der Waals surface area (Å²) < 4.78 is 11.6. The molecule has 0 bridgehead atoms. The van der Waals surface area contributed by atoms with Crippen LogP contribution < -0.4 is 20.2 Å². The topological polar surface area (TPSA) is 72.0 Å². The molecule has 118 valence electrons. The van der Waals surface area contributed by atoms with Crippen LogP contribution in [-0.4, -0.2) is 25.5 Å². The number of hydrazone groups is 1. The lowest BCUT2D eigenvalue weighted by Gasteiger charge is -2.06. The molecular weight excluding hydrogens is 409 g/mol. The van der Waals surface area contributed by atoms with Crippen molar-refractivity contribution in [2.45, 2.75) is 0 Å². The van der Waals surface area contributed by atoms with Gasteiger partial charge >= 0.3 is 0 Å². The molecule has 0 atom stereocenters. The maximum Gasteiger partial charge on any atom is 0.259 e. The van der Waals surface area contributed by atoms with Gasteiger partial charge in [-0.2, -0.15) is 5.10 Å². The number of fused-ring (bicyclic) bond motifs is 1. The highest BCUT2D eigenvalue weighted by Crippen LogP contribution is 2.34. The first kappa shape index (κ1) is 15.6. The van der Waals surface area contributed by atoms with E-state index in [0.29, 0.717) is 11.5 Å². The molecule has 1 amide bonds. The van der Waals surface area contributed by atoms with E-state index in [4.69, 9.17) is 9.47 Å². The summed E-state index contributed by atoms with van der Waals surface area (Å²) in [7, 11) is 0. The molecule has 1 aliphatic rings. The van der Waals surface area contributed by atoms with Gasteiger partial charge in [0.05, 0.1) is 12.8 Å². The smallest absolute Gasteiger partial charge is 0.259 e. The molecule has 3 rings (SSSR count). The molecule has 0 spiro atoms. The van der Waals surface area contributed by atoms with E-state index >= 15 is 0 Å². The Morgan fingerprint density at radius 1 is 1.22 bits per heavy atom. The van der Waals surface area contributed by atoms with E-state index in [0.717, 1.165) is 14.8 Å². The zero-order valence-corrected chi connectivity index (χ0v) is 14.2. The Morgan fingerprint density at radius 3 is 2.91 bits per heavy atom. The predicted octanol–water partition coefficient (Wildman–Crippen LogP) is 2.58. The van der Waals surface area contributed by atoms with E-state index in [1.165, 1.54) is 0 Å². The monoisotopic (exact) mass is 423 g/mol. The van der Waals surface area contributed by atoms with Crippen molar-refractivity contribution < 1.29 is 14.3 Å². The van der Waals surface area contributed by atoms with E-state index in [1.54, 1.807) is 18.3 Å². The number of nitrogens with one attached hydrogen (secondary N) is 2. The van der Waals surface area contributed by atoms with Gasteiger partial charge in [-0.15, -0.1) is 0 Å². The second-order valence-electron chi connectivity index (χ2n) is 4.74. The Morgan fingerprint density at radius 2 is 2.04 bits per heavy atom. The summed E-state index contributed by atoms with van der Waals surface area (Å²) in [5.41, 5.74) is 4.23. The molecule has 1 heterocycles. The summed E-state index contributed by atoms with van der Waals surface area (Å²) in [6.07, 6.45) is 1.63. The highest BCUT2D eigenvalue weighted by Gasteiger charge is 2.13. The van der Waals surface area contributed by atoms with E-state index in [9.17, 15) is 4.79 Å². The average molecular weight is 423 g/mol. The lowest BCUT2D eigenvalue weighted by molar-refractivity contribution is -0.119. The first-order chi connectivity index (χ1) is 11.2. The number of benzene rings is 2. The minimum Gasteiger partial charge on any atom is -0.454 e. The van der Waals surface area contributed by atoms with Crippen molar-refractivity contribution in [2.24, 2.45) is 5.10 Å². The fourth-order valence-electron chi connectivity index (χ4n) is 1.98. The number of hydrogen-bond donors (Lipinski definition) is 2. The highest BCUT2D eigenvalue weighted by molar-refractivity contribution is 14.1. The quantitative estimate of drug-likeness (QED) is 0.441. The highest BCUT2D eigenvalue weighted by atomic mass is 127. The lowest BCUT2D eigenvalue weighted by Crippen LogP contribution is -2.25. The van der Waals surface area contributed by atoms with Crippen LogP contribution in [0.4, 0.5) is 5.69 Å². The number of carbonyl (C=O) groups is 1. The minimum atomic E-state index is -0.232. The number of ether oxygens (including phenoxy) is 2. The van der Waals surface area contributed by atoms with Gasteiger partial charge in [0.15, 0.2) is 11.5 Å². The molecule has 23 heavy (non-hydrogen) atoms. The van der Waals surface area contributed by atoms with Crippen LogP contribution >= 0.6 is 22.6 Å². The summed E-state index contributed by atoms with van der Waals surface area (Å²) in [6.45, 7) is 0.342. The van der Waals surface area contributed by atoms with Crippen LogP contribution in [0.5, 0.6) is 11.5 Å². The normalized spacial score (nSPS) is 12.4. The molecule has 0 saturated heterocycles. The molecule has 1 aliphatic heterocycles. The Hall–Kier alpha value is -2.29. The van der Waals surface area contributed by atoms with Crippen LogP contribution in [-0.2, 0) is 4.79 Å². The molecule has 0 saturated carbocycles.